The Morgan fingerprint density at radius 1 is 1.27 bits per heavy atom. The Labute approximate surface area is 90.3 Å². The van der Waals surface area contributed by atoms with E-state index in [1.807, 2.05) is 0 Å². The molecule has 1 saturated carbocycles. The van der Waals surface area contributed by atoms with Gasteiger partial charge in [-0.05, 0) is 31.6 Å². The number of carboxylic acid groups (broad SMARTS) is 1. The maximum absolute atomic E-state index is 11.8. The fourth-order valence-electron chi connectivity index (χ4n) is 2.10. The molecule has 0 heterocycles. The van der Waals surface area contributed by atoms with Crippen molar-refractivity contribution in [1.29, 1.82) is 0 Å². The fourth-order valence-corrected chi connectivity index (χ4v) is 2.10. The lowest BCUT2D eigenvalue weighted by atomic mass is 9.82. The Balaban J connectivity index is 2.42. The molecule has 0 aromatic heterocycles. The standard InChI is InChI=1S/C11H19NO3/c1-8-3-5-9(6-4-8)11(15)12(2)7-10(13)14/h8-9H,3-7H2,1-2H3,(H,13,14). The lowest BCUT2D eigenvalue weighted by Crippen LogP contribution is -2.37. The zero-order valence-corrected chi connectivity index (χ0v) is 9.40. The van der Waals surface area contributed by atoms with Crippen molar-refractivity contribution < 1.29 is 14.7 Å². The third-order valence-corrected chi connectivity index (χ3v) is 3.11. The van der Waals surface area contributed by atoms with Gasteiger partial charge in [0, 0.05) is 13.0 Å². The molecule has 0 spiro atoms. The second-order valence-corrected chi connectivity index (χ2v) is 4.54. The van der Waals surface area contributed by atoms with E-state index in [1.54, 1.807) is 7.05 Å². The van der Waals surface area contributed by atoms with Crippen LogP contribution in [0.15, 0.2) is 0 Å². The summed E-state index contributed by atoms with van der Waals surface area (Å²) in [5.74, 6) is -0.205. The maximum atomic E-state index is 11.8. The summed E-state index contributed by atoms with van der Waals surface area (Å²) in [5.41, 5.74) is 0. The maximum Gasteiger partial charge on any atom is 0.323 e. The van der Waals surface area contributed by atoms with Crippen molar-refractivity contribution in [2.24, 2.45) is 11.8 Å². The van der Waals surface area contributed by atoms with Crippen molar-refractivity contribution in [3.63, 3.8) is 0 Å². The average Bonchev–Trinajstić information content (AvgIpc) is 2.17. The highest BCUT2D eigenvalue weighted by molar-refractivity contribution is 5.82. The van der Waals surface area contributed by atoms with E-state index in [4.69, 9.17) is 5.11 Å². The van der Waals surface area contributed by atoms with Crippen molar-refractivity contribution in [2.75, 3.05) is 13.6 Å². The quantitative estimate of drug-likeness (QED) is 0.770. The van der Waals surface area contributed by atoms with Crippen LogP contribution in [0.1, 0.15) is 32.6 Å². The second-order valence-electron chi connectivity index (χ2n) is 4.54. The number of hydrogen-bond acceptors (Lipinski definition) is 2. The van der Waals surface area contributed by atoms with Crippen LogP contribution in [0.5, 0.6) is 0 Å². The number of amides is 1. The molecule has 1 fully saturated rings. The van der Waals surface area contributed by atoms with Crippen LogP contribution >= 0.6 is 0 Å². The number of rotatable bonds is 3. The zero-order valence-electron chi connectivity index (χ0n) is 9.40. The first-order valence-corrected chi connectivity index (χ1v) is 5.47. The molecule has 1 amide bonds. The Hall–Kier alpha value is -1.06. The van der Waals surface area contributed by atoms with Gasteiger partial charge in [0.1, 0.15) is 6.54 Å². The van der Waals surface area contributed by atoms with Gasteiger partial charge < -0.3 is 10.0 Å². The van der Waals surface area contributed by atoms with Crippen molar-refractivity contribution in [1.82, 2.24) is 4.90 Å². The van der Waals surface area contributed by atoms with Gasteiger partial charge in [-0.25, -0.2) is 0 Å². The van der Waals surface area contributed by atoms with Crippen molar-refractivity contribution in [3.8, 4) is 0 Å². The van der Waals surface area contributed by atoms with Gasteiger partial charge in [0.2, 0.25) is 5.91 Å². The van der Waals surface area contributed by atoms with Gasteiger partial charge in [-0.2, -0.15) is 0 Å². The van der Waals surface area contributed by atoms with Crippen LogP contribution in [0, 0.1) is 11.8 Å². The van der Waals surface area contributed by atoms with E-state index in [2.05, 4.69) is 6.92 Å². The Bertz CT molecular complexity index is 244. The first-order chi connectivity index (χ1) is 7.00. The lowest BCUT2D eigenvalue weighted by molar-refractivity contribution is -0.145. The van der Waals surface area contributed by atoms with Gasteiger partial charge in [0.25, 0.3) is 0 Å². The summed E-state index contributed by atoms with van der Waals surface area (Å²) < 4.78 is 0. The van der Waals surface area contributed by atoms with Crippen molar-refractivity contribution in [3.05, 3.63) is 0 Å². The Kier molecular flexibility index (Phi) is 4.12. The molecule has 1 N–H and O–H groups in total. The monoisotopic (exact) mass is 213 g/mol. The van der Waals surface area contributed by atoms with Gasteiger partial charge >= 0.3 is 5.97 Å². The van der Waals surface area contributed by atoms with E-state index in [1.165, 1.54) is 4.90 Å². The number of hydrogen-bond donors (Lipinski definition) is 1. The molecule has 0 saturated heterocycles. The molecule has 0 atom stereocenters. The predicted molar refractivity (Wildman–Crippen MR) is 56.4 cm³/mol. The summed E-state index contributed by atoms with van der Waals surface area (Å²) in [4.78, 5) is 23.6. The summed E-state index contributed by atoms with van der Waals surface area (Å²) in [6, 6.07) is 0. The van der Waals surface area contributed by atoms with E-state index >= 15 is 0 Å². The molecule has 0 aromatic carbocycles. The minimum Gasteiger partial charge on any atom is -0.480 e. The van der Waals surface area contributed by atoms with Crippen LogP contribution < -0.4 is 0 Å². The molecule has 86 valence electrons. The predicted octanol–water partition coefficient (Wildman–Crippen LogP) is 1.36. The first kappa shape index (κ1) is 12.0. The summed E-state index contributed by atoms with van der Waals surface area (Å²) in [6.45, 7) is 2.01. The van der Waals surface area contributed by atoms with E-state index in [9.17, 15) is 9.59 Å². The molecule has 0 radical (unpaired) electrons. The Morgan fingerprint density at radius 3 is 2.27 bits per heavy atom. The van der Waals surface area contributed by atoms with E-state index in [-0.39, 0.29) is 18.4 Å². The molecule has 1 aliphatic rings. The number of carboxylic acids is 1. The van der Waals surface area contributed by atoms with E-state index in [0.29, 0.717) is 5.92 Å². The molecule has 0 aromatic rings. The van der Waals surface area contributed by atoms with Gasteiger partial charge in [-0.3, -0.25) is 9.59 Å². The van der Waals surface area contributed by atoms with Crippen LogP contribution in [0.2, 0.25) is 0 Å². The largest absolute Gasteiger partial charge is 0.480 e. The molecule has 1 aliphatic carbocycles. The highest BCUT2D eigenvalue weighted by atomic mass is 16.4. The van der Waals surface area contributed by atoms with Crippen LogP contribution in [-0.4, -0.2) is 35.5 Å². The molecular weight excluding hydrogens is 194 g/mol. The number of carbonyl (C=O) groups is 2. The second kappa shape index (κ2) is 5.14. The SMILES string of the molecule is CC1CCC(C(=O)N(C)CC(=O)O)CC1. The summed E-state index contributed by atoms with van der Waals surface area (Å²) in [6.07, 6.45) is 3.97. The number of nitrogens with zero attached hydrogens (tertiary/aromatic N) is 1. The van der Waals surface area contributed by atoms with Gasteiger partial charge in [-0.15, -0.1) is 0 Å². The Morgan fingerprint density at radius 2 is 1.80 bits per heavy atom. The lowest BCUT2D eigenvalue weighted by Gasteiger charge is -2.28. The van der Waals surface area contributed by atoms with Gasteiger partial charge in [-0.1, -0.05) is 6.92 Å². The third-order valence-electron chi connectivity index (χ3n) is 3.11. The van der Waals surface area contributed by atoms with Crippen LogP contribution in [0.4, 0.5) is 0 Å². The van der Waals surface area contributed by atoms with Gasteiger partial charge in [0.05, 0.1) is 0 Å². The molecular formula is C11H19NO3. The van der Waals surface area contributed by atoms with E-state index in [0.717, 1.165) is 25.7 Å². The normalized spacial score (nSPS) is 26.0. The van der Waals surface area contributed by atoms with Crippen LogP contribution in [-0.2, 0) is 9.59 Å². The van der Waals surface area contributed by atoms with Crippen LogP contribution in [0.25, 0.3) is 0 Å². The molecule has 1 rings (SSSR count). The van der Waals surface area contributed by atoms with Gasteiger partial charge in [0.15, 0.2) is 0 Å². The first-order valence-electron chi connectivity index (χ1n) is 5.47. The minimum atomic E-state index is -0.949. The molecule has 4 heteroatoms. The fraction of sp³-hybridized carbons (Fsp3) is 0.818. The molecule has 0 aliphatic heterocycles. The van der Waals surface area contributed by atoms with Crippen molar-refractivity contribution in [2.45, 2.75) is 32.6 Å². The smallest absolute Gasteiger partial charge is 0.323 e. The highest BCUT2D eigenvalue weighted by Crippen LogP contribution is 2.29. The number of aliphatic carboxylic acids is 1. The number of carbonyl (C=O) groups excluding carboxylic acids is 1. The summed E-state index contributed by atoms with van der Waals surface area (Å²) >= 11 is 0. The minimum absolute atomic E-state index is 0.00991. The van der Waals surface area contributed by atoms with E-state index < -0.39 is 5.97 Å². The average molecular weight is 213 g/mol. The zero-order chi connectivity index (χ0) is 11.4. The summed E-state index contributed by atoms with van der Waals surface area (Å²) in [7, 11) is 1.56. The molecule has 0 bridgehead atoms. The molecule has 0 unspecified atom stereocenters. The topological polar surface area (TPSA) is 57.6 Å². The third kappa shape index (κ3) is 3.53. The number of likely N-dealkylation sites (N-methyl/N-ethyl adjacent to an activating group) is 1. The highest BCUT2D eigenvalue weighted by Gasteiger charge is 2.27. The van der Waals surface area contributed by atoms with Crippen molar-refractivity contribution >= 4 is 11.9 Å². The summed E-state index contributed by atoms with van der Waals surface area (Å²) in [5, 5.41) is 8.58. The van der Waals surface area contributed by atoms with Crippen LogP contribution in [0.3, 0.4) is 0 Å². The molecule has 15 heavy (non-hydrogen) atoms. The molecule has 4 nitrogen and oxygen atoms in total.